The van der Waals surface area contributed by atoms with Crippen LogP contribution in [0.1, 0.15) is 6.92 Å². The minimum atomic E-state index is 0.0995. The molecule has 0 N–H and O–H groups in total. The summed E-state index contributed by atoms with van der Waals surface area (Å²) in [4.78, 5) is 11.4. The SMILES string of the molecule is CC(=O)Sc1[c]cccc1. The normalized spacial score (nSPS) is 9.30. The summed E-state index contributed by atoms with van der Waals surface area (Å²) < 4.78 is 0. The van der Waals surface area contributed by atoms with E-state index >= 15 is 0 Å². The molecule has 0 bridgehead atoms. The predicted octanol–water partition coefficient (Wildman–Crippen LogP) is 2.13. The highest BCUT2D eigenvalue weighted by atomic mass is 32.2. The van der Waals surface area contributed by atoms with Crippen LogP contribution in [0.2, 0.25) is 0 Å². The fourth-order valence-electron chi connectivity index (χ4n) is 0.595. The molecular formula is C8H7OS. The Balaban J connectivity index is 2.67. The molecule has 0 atom stereocenters. The van der Waals surface area contributed by atoms with Crippen LogP contribution in [-0.2, 0) is 4.79 Å². The predicted molar refractivity (Wildman–Crippen MR) is 41.8 cm³/mol. The third kappa shape index (κ3) is 2.23. The average molecular weight is 151 g/mol. The van der Waals surface area contributed by atoms with Gasteiger partial charge >= 0.3 is 0 Å². The Morgan fingerprint density at radius 2 is 2.40 bits per heavy atom. The van der Waals surface area contributed by atoms with Gasteiger partial charge in [0.25, 0.3) is 0 Å². The Bertz CT molecular complexity index is 218. The summed E-state index contributed by atoms with van der Waals surface area (Å²) in [6.45, 7) is 1.55. The van der Waals surface area contributed by atoms with Crippen LogP contribution in [0.3, 0.4) is 0 Å². The summed E-state index contributed by atoms with van der Waals surface area (Å²) >= 11 is 1.20. The lowest BCUT2D eigenvalue weighted by atomic mass is 10.4. The van der Waals surface area contributed by atoms with Crippen molar-refractivity contribution in [3.8, 4) is 0 Å². The first kappa shape index (κ1) is 7.35. The van der Waals surface area contributed by atoms with Gasteiger partial charge in [-0.15, -0.1) is 0 Å². The Morgan fingerprint density at radius 3 is 2.90 bits per heavy atom. The Kier molecular flexibility index (Phi) is 2.51. The van der Waals surface area contributed by atoms with Gasteiger partial charge in [0.15, 0.2) is 5.12 Å². The number of carbonyl (C=O) groups excluding carboxylic acids is 1. The maximum Gasteiger partial charge on any atom is 0.190 e. The fraction of sp³-hybridized carbons (Fsp3) is 0.125. The zero-order valence-electron chi connectivity index (χ0n) is 5.63. The molecule has 0 aliphatic heterocycles. The monoisotopic (exact) mass is 151 g/mol. The molecule has 10 heavy (non-hydrogen) atoms. The molecular weight excluding hydrogens is 144 g/mol. The van der Waals surface area contributed by atoms with Gasteiger partial charge in [-0.2, -0.15) is 0 Å². The first-order chi connectivity index (χ1) is 4.79. The highest BCUT2D eigenvalue weighted by Gasteiger charge is 1.94. The quantitative estimate of drug-likeness (QED) is 0.572. The van der Waals surface area contributed by atoms with E-state index in [4.69, 9.17) is 0 Å². The molecule has 0 aliphatic carbocycles. The molecule has 0 aromatic heterocycles. The molecule has 0 saturated heterocycles. The van der Waals surface area contributed by atoms with Crippen LogP contribution in [-0.4, -0.2) is 5.12 Å². The molecule has 0 amide bonds. The number of benzene rings is 1. The number of hydrogen-bond acceptors (Lipinski definition) is 2. The minimum Gasteiger partial charge on any atom is -0.287 e. The molecule has 1 nitrogen and oxygen atoms in total. The average Bonchev–Trinajstić information content (AvgIpc) is 1.88. The molecule has 1 rings (SSSR count). The maximum absolute atomic E-state index is 10.6. The van der Waals surface area contributed by atoms with Crippen LogP contribution < -0.4 is 0 Å². The van der Waals surface area contributed by atoms with E-state index in [0.29, 0.717) is 0 Å². The van der Waals surface area contributed by atoms with Crippen molar-refractivity contribution >= 4 is 16.9 Å². The Hall–Kier alpha value is -0.760. The molecule has 1 aromatic carbocycles. The zero-order chi connectivity index (χ0) is 7.40. The van der Waals surface area contributed by atoms with Gasteiger partial charge in [0, 0.05) is 11.8 Å². The first-order valence-electron chi connectivity index (χ1n) is 2.94. The van der Waals surface area contributed by atoms with E-state index in [0.717, 1.165) is 4.90 Å². The molecule has 2 heteroatoms. The van der Waals surface area contributed by atoms with Crippen LogP contribution in [0.4, 0.5) is 0 Å². The zero-order valence-corrected chi connectivity index (χ0v) is 6.44. The third-order valence-electron chi connectivity index (χ3n) is 0.934. The third-order valence-corrected chi connectivity index (χ3v) is 1.70. The second-order valence-corrected chi connectivity index (χ2v) is 3.04. The van der Waals surface area contributed by atoms with E-state index in [-0.39, 0.29) is 5.12 Å². The standard InChI is InChI=1S/C8H7OS/c1-7(9)10-8-5-3-2-4-6-8/h2-5H,1H3. The second kappa shape index (κ2) is 3.42. The summed E-state index contributed by atoms with van der Waals surface area (Å²) in [5.41, 5.74) is 0. The van der Waals surface area contributed by atoms with E-state index in [1.54, 1.807) is 13.0 Å². The summed E-state index contributed by atoms with van der Waals surface area (Å²) in [7, 11) is 0. The summed E-state index contributed by atoms with van der Waals surface area (Å²) in [6, 6.07) is 10.4. The van der Waals surface area contributed by atoms with Crippen molar-refractivity contribution in [1.29, 1.82) is 0 Å². The van der Waals surface area contributed by atoms with Gasteiger partial charge in [-0.1, -0.05) is 30.0 Å². The number of carbonyl (C=O) groups is 1. The summed E-state index contributed by atoms with van der Waals surface area (Å²) in [6.07, 6.45) is 0. The van der Waals surface area contributed by atoms with Crippen molar-refractivity contribution in [3.05, 3.63) is 30.3 Å². The van der Waals surface area contributed by atoms with Crippen LogP contribution in [0.15, 0.2) is 29.2 Å². The van der Waals surface area contributed by atoms with E-state index in [2.05, 4.69) is 6.07 Å². The molecule has 1 aromatic rings. The van der Waals surface area contributed by atoms with Crippen molar-refractivity contribution in [2.24, 2.45) is 0 Å². The molecule has 0 fully saturated rings. The van der Waals surface area contributed by atoms with E-state index in [1.165, 1.54) is 11.8 Å². The molecule has 51 valence electrons. The molecule has 0 spiro atoms. The molecule has 0 unspecified atom stereocenters. The number of hydrogen-bond donors (Lipinski definition) is 0. The van der Waals surface area contributed by atoms with Gasteiger partial charge < -0.3 is 0 Å². The Morgan fingerprint density at radius 1 is 1.60 bits per heavy atom. The van der Waals surface area contributed by atoms with Crippen molar-refractivity contribution in [3.63, 3.8) is 0 Å². The molecule has 1 radical (unpaired) electrons. The smallest absolute Gasteiger partial charge is 0.190 e. The van der Waals surface area contributed by atoms with Gasteiger partial charge in [0.05, 0.1) is 0 Å². The topological polar surface area (TPSA) is 17.1 Å². The van der Waals surface area contributed by atoms with Crippen molar-refractivity contribution in [1.82, 2.24) is 0 Å². The van der Waals surface area contributed by atoms with Gasteiger partial charge in [0.2, 0.25) is 0 Å². The highest BCUT2D eigenvalue weighted by Crippen LogP contribution is 2.16. The van der Waals surface area contributed by atoms with Crippen molar-refractivity contribution < 1.29 is 4.79 Å². The lowest BCUT2D eigenvalue weighted by Gasteiger charge is -1.92. The lowest BCUT2D eigenvalue weighted by Crippen LogP contribution is -1.79. The van der Waals surface area contributed by atoms with Crippen LogP contribution in [0.25, 0.3) is 0 Å². The van der Waals surface area contributed by atoms with Crippen molar-refractivity contribution in [2.75, 3.05) is 0 Å². The van der Waals surface area contributed by atoms with E-state index in [1.807, 2.05) is 18.2 Å². The lowest BCUT2D eigenvalue weighted by molar-refractivity contribution is -0.109. The Labute approximate surface area is 64.4 Å². The van der Waals surface area contributed by atoms with Crippen LogP contribution in [0, 0.1) is 6.07 Å². The maximum atomic E-state index is 10.6. The molecule has 0 aliphatic rings. The number of rotatable bonds is 1. The largest absolute Gasteiger partial charge is 0.287 e. The fourth-order valence-corrected chi connectivity index (χ4v) is 1.18. The van der Waals surface area contributed by atoms with E-state index < -0.39 is 0 Å². The van der Waals surface area contributed by atoms with E-state index in [9.17, 15) is 4.79 Å². The van der Waals surface area contributed by atoms with Crippen LogP contribution in [0.5, 0.6) is 0 Å². The van der Waals surface area contributed by atoms with Gasteiger partial charge in [0.1, 0.15) is 0 Å². The molecule has 0 heterocycles. The summed E-state index contributed by atoms with van der Waals surface area (Å²) in [5, 5.41) is 0.0995. The highest BCUT2D eigenvalue weighted by molar-refractivity contribution is 8.13. The summed E-state index contributed by atoms with van der Waals surface area (Å²) in [5.74, 6) is 0. The van der Waals surface area contributed by atoms with Crippen molar-refractivity contribution in [2.45, 2.75) is 11.8 Å². The molecule has 0 saturated carbocycles. The first-order valence-corrected chi connectivity index (χ1v) is 3.76. The number of thioether (sulfide) groups is 1. The van der Waals surface area contributed by atoms with Crippen LogP contribution >= 0.6 is 11.8 Å². The van der Waals surface area contributed by atoms with Gasteiger partial charge in [-0.05, 0) is 12.1 Å². The second-order valence-electron chi connectivity index (χ2n) is 1.82. The minimum absolute atomic E-state index is 0.0995. The van der Waals surface area contributed by atoms with Gasteiger partial charge in [-0.3, -0.25) is 4.79 Å². The van der Waals surface area contributed by atoms with Gasteiger partial charge in [-0.25, -0.2) is 0 Å².